The molecule has 0 bridgehead atoms. The standard InChI is InChI=1S/C12H13BrN4O/c1-9(6-17-8-14-7-15-17)12(18)16-11-4-2-10(13)3-5-11/h2-5,7-9H,6H2,1H3,(H,16,18)/t9-/m1/s1. The number of halogens is 1. The first-order valence-electron chi connectivity index (χ1n) is 5.54. The molecule has 0 aliphatic rings. The van der Waals surface area contributed by atoms with Crippen LogP contribution in [0.5, 0.6) is 0 Å². The fourth-order valence-corrected chi connectivity index (χ4v) is 1.75. The molecule has 1 amide bonds. The Morgan fingerprint density at radius 2 is 2.17 bits per heavy atom. The van der Waals surface area contributed by atoms with Crippen molar-refractivity contribution in [3.63, 3.8) is 0 Å². The van der Waals surface area contributed by atoms with Gasteiger partial charge in [-0.15, -0.1) is 0 Å². The van der Waals surface area contributed by atoms with E-state index in [1.54, 1.807) is 11.0 Å². The third kappa shape index (κ3) is 3.40. The van der Waals surface area contributed by atoms with Gasteiger partial charge < -0.3 is 5.32 Å². The minimum atomic E-state index is -0.171. The number of carbonyl (C=O) groups is 1. The molecule has 94 valence electrons. The summed E-state index contributed by atoms with van der Waals surface area (Å²) in [5.41, 5.74) is 0.786. The Morgan fingerprint density at radius 3 is 2.78 bits per heavy atom. The Kier molecular flexibility index (Phi) is 4.09. The topological polar surface area (TPSA) is 59.8 Å². The number of rotatable bonds is 4. The Balaban J connectivity index is 1.93. The minimum absolute atomic E-state index is 0.0344. The van der Waals surface area contributed by atoms with Gasteiger partial charge in [-0.2, -0.15) is 5.10 Å². The van der Waals surface area contributed by atoms with Crippen LogP contribution in [0.25, 0.3) is 0 Å². The van der Waals surface area contributed by atoms with Gasteiger partial charge in [0, 0.05) is 10.2 Å². The summed E-state index contributed by atoms with van der Waals surface area (Å²) >= 11 is 3.35. The smallest absolute Gasteiger partial charge is 0.229 e. The molecule has 1 atom stereocenters. The normalized spacial score (nSPS) is 12.1. The highest BCUT2D eigenvalue weighted by Crippen LogP contribution is 2.15. The van der Waals surface area contributed by atoms with Gasteiger partial charge in [0.15, 0.2) is 0 Å². The van der Waals surface area contributed by atoms with Crippen LogP contribution in [0.4, 0.5) is 5.69 Å². The van der Waals surface area contributed by atoms with E-state index in [0.717, 1.165) is 10.2 Å². The van der Waals surface area contributed by atoms with E-state index in [1.807, 2.05) is 31.2 Å². The van der Waals surface area contributed by atoms with E-state index in [9.17, 15) is 4.79 Å². The van der Waals surface area contributed by atoms with Gasteiger partial charge in [-0.3, -0.25) is 9.48 Å². The monoisotopic (exact) mass is 308 g/mol. The molecule has 6 heteroatoms. The lowest BCUT2D eigenvalue weighted by Crippen LogP contribution is -2.24. The molecule has 1 N–H and O–H groups in total. The van der Waals surface area contributed by atoms with E-state index in [4.69, 9.17) is 0 Å². The van der Waals surface area contributed by atoms with Crippen molar-refractivity contribution < 1.29 is 4.79 Å². The first kappa shape index (κ1) is 12.8. The Labute approximate surface area is 113 Å². The lowest BCUT2D eigenvalue weighted by molar-refractivity contribution is -0.119. The highest BCUT2D eigenvalue weighted by atomic mass is 79.9. The van der Waals surface area contributed by atoms with Crippen LogP contribution < -0.4 is 5.32 Å². The van der Waals surface area contributed by atoms with Crippen LogP contribution in [0.15, 0.2) is 41.4 Å². The van der Waals surface area contributed by atoms with Crippen LogP contribution in [-0.2, 0) is 11.3 Å². The molecule has 0 unspecified atom stereocenters. The molecule has 2 rings (SSSR count). The predicted molar refractivity (Wildman–Crippen MR) is 72.0 cm³/mol. The zero-order valence-electron chi connectivity index (χ0n) is 9.88. The van der Waals surface area contributed by atoms with Crippen molar-refractivity contribution in [2.24, 2.45) is 5.92 Å². The van der Waals surface area contributed by atoms with Crippen LogP contribution >= 0.6 is 15.9 Å². The molecule has 2 aromatic rings. The van der Waals surface area contributed by atoms with Gasteiger partial charge >= 0.3 is 0 Å². The van der Waals surface area contributed by atoms with Gasteiger partial charge in [0.2, 0.25) is 5.91 Å². The van der Waals surface area contributed by atoms with Crippen molar-refractivity contribution in [2.45, 2.75) is 13.5 Å². The van der Waals surface area contributed by atoms with Crippen LogP contribution in [0.3, 0.4) is 0 Å². The number of amides is 1. The van der Waals surface area contributed by atoms with Crippen LogP contribution in [0.1, 0.15) is 6.92 Å². The molecule has 0 saturated heterocycles. The lowest BCUT2D eigenvalue weighted by Gasteiger charge is -2.11. The highest BCUT2D eigenvalue weighted by molar-refractivity contribution is 9.10. The van der Waals surface area contributed by atoms with E-state index in [-0.39, 0.29) is 11.8 Å². The summed E-state index contributed by atoms with van der Waals surface area (Å²) in [5, 5.41) is 6.84. The summed E-state index contributed by atoms with van der Waals surface area (Å²) in [6, 6.07) is 7.48. The summed E-state index contributed by atoms with van der Waals surface area (Å²) < 4.78 is 2.63. The molecule has 0 aliphatic heterocycles. The molecule has 18 heavy (non-hydrogen) atoms. The van der Waals surface area contributed by atoms with Crippen LogP contribution in [-0.4, -0.2) is 20.7 Å². The van der Waals surface area contributed by atoms with E-state index in [1.165, 1.54) is 6.33 Å². The molecule has 0 aliphatic carbocycles. The number of carbonyl (C=O) groups excluding carboxylic acids is 1. The highest BCUT2D eigenvalue weighted by Gasteiger charge is 2.13. The van der Waals surface area contributed by atoms with Crippen LogP contribution in [0.2, 0.25) is 0 Å². The molecule has 0 radical (unpaired) electrons. The summed E-state index contributed by atoms with van der Waals surface area (Å²) in [5.74, 6) is -0.205. The van der Waals surface area contributed by atoms with Crippen molar-refractivity contribution in [1.29, 1.82) is 0 Å². The number of nitrogens with zero attached hydrogens (tertiary/aromatic N) is 3. The molecule has 1 heterocycles. The molecule has 5 nitrogen and oxygen atoms in total. The van der Waals surface area contributed by atoms with Crippen molar-refractivity contribution in [2.75, 3.05) is 5.32 Å². The summed E-state index contributed by atoms with van der Waals surface area (Å²) in [4.78, 5) is 15.8. The van der Waals surface area contributed by atoms with Crippen molar-refractivity contribution in [1.82, 2.24) is 14.8 Å². The number of nitrogens with one attached hydrogen (secondary N) is 1. The van der Waals surface area contributed by atoms with E-state index >= 15 is 0 Å². The van der Waals surface area contributed by atoms with E-state index in [0.29, 0.717) is 6.54 Å². The van der Waals surface area contributed by atoms with Gasteiger partial charge in [0.25, 0.3) is 0 Å². The fraction of sp³-hybridized carbons (Fsp3) is 0.250. The zero-order valence-corrected chi connectivity index (χ0v) is 11.5. The maximum absolute atomic E-state index is 11.9. The number of hydrogen-bond donors (Lipinski definition) is 1. The SMILES string of the molecule is C[C@H](Cn1cncn1)C(=O)Nc1ccc(Br)cc1. The molecule has 1 aromatic carbocycles. The molecule has 0 fully saturated rings. The Bertz CT molecular complexity index is 509. The fourth-order valence-electron chi connectivity index (χ4n) is 1.49. The van der Waals surface area contributed by atoms with Gasteiger partial charge in [0.1, 0.15) is 12.7 Å². The van der Waals surface area contributed by atoms with Crippen molar-refractivity contribution >= 4 is 27.5 Å². The molecule has 1 aromatic heterocycles. The summed E-state index contributed by atoms with van der Waals surface area (Å²) in [6.07, 6.45) is 3.06. The van der Waals surface area contributed by atoms with Gasteiger partial charge in [0.05, 0.1) is 12.5 Å². The third-order valence-corrected chi connectivity index (χ3v) is 3.02. The Hall–Kier alpha value is -1.69. The number of hydrogen-bond acceptors (Lipinski definition) is 3. The Morgan fingerprint density at radius 1 is 1.44 bits per heavy atom. The van der Waals surface area contributed by atoms with Crippen molar-refractivity contribution in [3.05, 3.63) is 41.4 Å². The largest absolute Gasteiger partial charge is 0.326 e. The van der Waals surface area contributed by atoms with E-state index < -0.39 is 0 Å². The molecular formula is C12H13BrN4O. The minimum Gasteiger partial charge on any atom is -0.326 e. The first-order valence-corrected chi connectivity index (χ1v) is 6.33. The molecular weight excluding hydrogens is 296 g/mol. The van der Waals surface area contributed by atoms with Gasteiger partial charge in [-0.1, -0.05) is 22.9 Å². The second-order valence-corrected chi connectivity index (χ2v) is 4.93. The van der Waals surface area contributed by atoms with E-state index in [2.05, 4.69) is 31.3 Å². The summed E-state index contributed by atoms with van der Waals surface area (Å²) in [7, 11) is 0. The zero-order chi connectivity index (χ0) is 13.0. The lowest BCUT2D eigenvalue weighted by atomic mass is 10.1. The quantitative estimate of drug-likeness (QED) is 0.943. The molecule has 0 saturated carbocycles. The number of aromatic nitrogens is 3. The molecule has 0 spiro atoms. The van der Waals surface area contributed by atoms with Crippen LogP contribution in [0, 0.1) is 5.92 Å². The maximum Gasteiger partial charge on any atom is 0.229 e. The second kappa shape index (κ2) is 5.77. The number of anilines is 1. The van der Waals surface area contributed by atoms with Gasteiger partial charge in [-0.05, 0) is 24.3 Å². The number of benzene rings is 1. The maximum atomic E-state index is 11.9. The van der Waals surface area contributed by atoms with Gasteiger partial charge in [-0.25, -0.2) is 4.98 Å². The average molecular weight is 309 g/mol. The average Bonchev–Trinajstić information content (AvgIpc) is 2.85. The van der Waals surface area contributed by atoms with Crippen molar-refractivity contribution in [3.8, 4) is 0 Å². The summed E-state index contributed by atoms with van der Waals surface area (Å²) in [6.45, 7) is 2.37. The predicted octanol–water partition coefficient (Wildman–Crippen LogP) is 2.32. The first-order chi connectivity index (χ1) is 8.65. The second-order valence-electron chi connectivity index (χ2n) is 4.01. The third-order valence-electron chi connectivity index (χ3n) is 2.49.